The standard InChI is InChI=1S/C18H20ClNO4/c1-22-15-8-7-13(17(23-2)18(15)24-3)10-16(21)20-11-12-5-4-6-14(19)9-12/h4-9H,10-11H2,1-3H3,(H,20,21). The molecule has 0 heterocycles. The van der Waals surface area contributed by atoms with E-state index in [1.165, 1.54) is 14.2 Å². The molecule has 0 radical (unpaired) electrons. The van der Waals surface area contributed by atoms with Gasteiger partial charge in [-0.3, -0.25) is 4.79 Å². The lowest BCUT2D eigenvalue weighted by molar-refractivity contribution is -0.120. The molecule has 6 heteroatoms. The molecule has 2 aromatic carbocycles. The molecule has 0 fully saturated rings. The lowest BCUT2D eigenvalue weighted by atomic mass is 10.1. The SMILES string of the molecule is COc1ccc(CC(=O)NCc2cccc(Cl)c2)c(OC)c1OC. The summed E-state index contributed by atoms with van der Waals surface area (Å²) in [6, 6.07) is 10.9. The summed E-state index contributed by atoms with van der Waals surface area (Å²) >= 11 is 5.94. The van der Waals surface area contributed by atoms with Gasteiger partial charge in [-0.15, -0.1) is 0 Å². The van der Waals surface area contributed by atoms with Crippen molar-refractivity contribution in [2.24, 2.45) is 0 Å². The third-order valence-corrected chi connectivity index (χ3v) is 3.75. The highest BCUT2D eigenvalue weighted by Crippen LogP contribution is 2.39. The first-order valence-corrected chi connectivity index (χ1v) is 7.75. The molecule has 2 aromatic rings. The quantitative estimate of drug-likeness (QED) is 0.833. The molecule has 0 saturated carbocycles. The van der Waals surface area contributed by atoms with E-state index in [4.69, 9.17) is 25.8 Å². The maximum atomic E-state index is 12.2. The van der Waals surface area contributed by atoms with Crippen molar-refractivity contribution >= 4 is 17.5 Å². The number of halogens is 1. The van der Waals surface area contributed by atoms with Gasteiger partial charge in [0.1, 0.15) is 0 Å². The van der Waals surface area contributed by atoms with Gasteiger partial charge in [0, 0.05) is 17.1 Å². The molecule has 0 bridgehead atoms. The summed E-state index contributed by atoms with van der Waals surface area (Å²) in [5.41, 5.74) is 1.66. The Bertz CT molecular complexity index is 718. The zero-order valence-electron chi connectivity index (χ0n) is 13.9. The highest BCUT2D eigenvalue weighted by molar-refractivity contribution is 6.30. The molecule has 0 spiro atoms. The van der Waals surface area contributed by atoms with Crippen LogP contribution in [0.2, 0.25) is 5.02 Å². The van der Waals surface area contributed by atoms with E-state index in [9.17, 15) is 4.79 Å². The zero-order chi connectivity index (χ0) is 17.5. The average Bonchev–Trinajstić information content (AvgIpc) is 2.59. The van der Waals surface area contributed by atoms with E-state index in [0.717, 1.165) is 11.1 Å². The topological polar surface area (TPSA) is 56.8 Å². The minimum absolute atomic E-state index is 0.125. The van der Waals surface area contributed by atoms with Crippen molar-refractivity contribution in [3.8, 4) is 17.2 Å². The maximum absolute atomic E-state index is 12.2. The van der Waals surface area contributed by atoms with Crippen LogP contribution in [0.4, 0.5) is 0 Å². The van der Waals surface area contributed by atoms with Gasteiger partial charge in [-0.25, -0.2) is 0 Å². The highest BCUT2D eigenvalue weighted by Gasteiger charge is 2.17. The van der Waals surface area contributed by atoms with Gasteiger partial charge >= 0.3 is 0 Å². The summed E-state index contributed by atoms with van der Waals surface area (Å²) in [6.07, 6.45) is 0.171. The number of rotatable bonds is 7. The Labute approximate surface area is 146 Å². The smallest absolute Gasteiger partial charge is 0.224 e. The van der Waals surface area contributed by atoms with Crippen LogP contribution in [0, 0.1) is 0 Å². The van der Waals surface area contributed by atoms with E-state index in [1.54, 1.807) is 25.3 Å². The van der Waals surface area contributed by atoms with Gasteiger partial charge in [-0.2, -0.15) is 0 Å². The number of carbonyl (C=O) groups is 1. The number of hydrogen-bond donors (Lipinski definition) is 1. The molecule has 24 heavy (non-hydrogen) atoms. The second-order valence-electron chi connectivity index (χ2n) is 5.08. The van der Waals surface area contributed by atoms with Gasteiger partial charge in [0.15, 0.2) is 11.5 Å². The van der Waals surface area contributed by atoms with Crippen LogP contribution < -0.4 is 19.5 Å². The van der Waals surface area contributed by atoms with Gasteiger partial charge in [0.2, 0.25) is 11.7 Å². The van der Waals surface area contributed by atoms with Crippen LogP contribution >= 0.6 is 11.6 Å². The molecule has 0 aliphatic heterocycles. The second-order valence-corrected chi connectivity index (χ2v) is 5.51. The minimum atomic E-state index is -0.125. The zero-order valence-corrected chi connectivity index (χ0v) is 14.6. The van der Waals surface area contributed by atoms with E-state index in [-0.39, 0.29) is 12.3 Å². The third kappa shape index (κ3) is 4.32. The largest absolute Gasteiger partial charge is 0.493 e. The van der Waals surface area contributed by atoms with E-state index in [1.807, 2.05) is 18.2 Å². The van der Waals surface area contributed by atoms with Crippen LogP contribution in [0.15, 0.2) is 36.4 Å². The molecule has 1 N–H and O–H groups in total. The van der Waals surface area contributed by atoms with Crippen LogP contribution in [0.25, 0.3) is 0 Å². The Balaban J connectivity index is 2.08. The summed E-state index contributed by atoms with van der Waals surface area (Å²) in [5.74, 6) is 1.40. The molecule has 5 nitrogen and oxygen atoms in total. The van der Waals surface area contributed by atoms with Crippen molar-refractivity contribution in [3.05, 3.63) is 52.5 Å². The molecule has 128 valence electrons. The van der Waals surface area contributed by atoms with Crippen LogP contribution in [0.5, 0.6) is 17.2 Å². The first-order chi connectivity index (χ1) is 11.6. The first kappa shape index (κ1) is 17.9. The predicted octanol–water partition coefficient (Wildman–Crippen LogP) is 3.22. The second kappa shape index (κ2) is 8.45. The van der Waals surface area contributed by atoms with Crippen molar-refractivity contribution in [2.75, 3.05) is 21.3 Å². The van der Waals surface area contributed by atoms with Crippen LogP contribution in [0.3, 0.4) is 0 Å². The van der Waals surface area contributed by atoms with E-state index in [0.29, 0.717) is 28.8 Å². The summed E-state index contributed by atoms with van der Waals surface area (Å²) in [7, 11) is 4.61. The van der Waals surface area contributed by atoms with Gasteiger partial charge in [0.05, 0.1) is 27.8 Å². The van der Waals surface area contributed by atoms with Gasteiger partial charge < -0.3 is 19.5 Å². The Morgan fingerprint density at radius 3 is 2.42 bits per heavy atom. The molecule has 0 aliphatic carbocycles. The summed E-state index contributed by atoms with van der Waals surface area (Å²) < 4.78 is 16.0. The number of ether oxygens (including phenoxy) is 3. The predicted molar refractivity (Wildman–Crippen MR) is 93.1 cm³/mol. The molecule has 0 saturated heterocycles. The fraction of sp³-hybridized carbons (Fsp3) is 0.278. The van der Waals surface area contributed by atoms with E-state index >= 15 is 0 Å². The van der Waals surface area contributed by atoms with Crippen molar-refractivity contribution < 1.29 is 19.0 Å². The van der Waals surface area contributed by atoms with E-state index < -0.39 is 0 Å². The third-order valence-electron chi connectivity index (χ3n) is 3.52. The molecule has 0 unspecified atom stereocenters. The molecule has 2 rings (SSSR count). The molecule has 0 aliphatic rings. The summed E-state index contributed by atoms with van der Waals surface area (Å²) in [6.45, 7) is 0.412. The number of amides is 1. The minimum Gasteiger partial charge on any atom is -0.493 e. The number of nitrogens with one attached hydrogen (secondary N) is 1. The van der Waals surface area contributed by atoms with Crippen LogP contribution in [-0.4, -0.2) is 27.2 Å². The number of carbonyl (C=O) groups excluding carboxylic acids is 1. The van der Waals surface area contributed by atoms with Crippen LogP contribution in [0.1, 0.15) is 11.1 Å². The first-order valence-electron chi connectivity index (χ1n) is 7.38. The molecule has 0 atom stereocenters. The molecule has 1 amide bonds. The van der Waals surface area contributed by atoms with Crippen LogP contribution in [-0.2, 0) is 17.8 Å². The average molecular weight is 350 g/mol. The normalized spacial score (nSPS) is 10.2. The number of benzene rings is 2. The molecular weight excluding hydrogens is 330 g/mol. The Kier molecular flexibility index (Phi) is 6.32. The van der Waals surface area contributed by atoms with Crippen molar-refractivity contribution in [3.63, 3.8) is 0 Å². The fourth-order valence-corrected chi connectivity index (χ4v) is 2.60. The monoisotopic (exact) mass is 349 g/mol. The molecule has 0 aromatic heterocycles. The van der Waals surface area contributed by atoms with Gasteiger partial charge in [0.25, 0.3) is 0 Å². The number of hydrogen-bond acceptors (Lipinski definition) is 4. The lowest BCUT2D eigenvalue weighted by Gasteiger charge is -2.15. The Hall–Kier alpha value is -2.40. The summed E-state index contributed by atoms with van der Waals surface area (Å²) in [4.78, 5) is 12.2. The fourth-order valence-electron chi connectivity index (χ4n) is 2.39. The highest BCUT2D eigenvalue weighted by atomic mass is 35.5. The van der Waals surface area contributed by atoms with Crippen molar-refractivity contribution in [2.45, 2.75) is 13.0 Å². The Morgan fingerprint density at radius 1 is 1.04 bits per heavy atom. The van der Waals surface area contributed by atoms with Crippen molar-refractivity contribution in [1.29, 1.82) is 0 Å². The molecular formula is C18H20ClNO4. The summed E-state index contributed by atoms with van der Waals surface area (Å²) in [5, 5.41) is 3.51. The Morgan fingerprint density at radius 2 is 1.79 bits per heavy atom. The maximum Gasteiger partial charge on any atom is 0.224 e. The van der Waals surface area contributed by atoms with E-state index in [2.05, 4.69) is 5.32 Å². The van der Waals surface area contributed by atoms with Gasteiger partial charge in [-0.1, -0.05) is 29.8 Å². The van der Waals surface area contributed by atoms with Gasteiger partial charge in [-0.05, 0) is 23.8 Å². The number of methoxy groups -OCH3 is 3. The van der Waals surface area contributed by atoms with Crippen molar-refractivity contribution in [1.82, 2.24) is 5.32 Å². The lowest BCUT2D eigenvalue weighted by Crippen LogP contribution is -2.24.